The molecule has 0 amide bonds. The normalized spacial score (nSPS) is 14.8. The van der Waals surface area contributed by atoms with Gasteiger partial charge in [-0.25, -0.2) is 0 Å². The van der Waals surface area contributed by atoms with E-state index in [4.69, 9.17) is 12.2 Å². The van der Waals surface area contributed by atoms with Gasteiger partial charge in [-0.2, -0.15) is 0 Å². The molecule has 3 rings (SSSR count). The van der Waals surface area contributed by atoms with Gasteiger partial charge in [-0.1, -0.05) is 36.4 Å². The van der Waals surface area contributed by atoms with Crippen LogP contribution >= 0.6 is 12.2 Å². The fraction of sp³-hybridized carbons (Fsp3) is 0.316. The van der Waals surface area contributed by atoms with Gasteiger partial charge in [-0.3, -0.25) is 0 Å². The number of anilines is 1. The van der Waals surface area contributed by atoms with Crippen molar-refractivity contribution in [3.05, 3.63) is 65.2 Å². The SMILES string of the molecule is C[C@H](NC(=S)Nc1ccccc1)c1ccc2c(c1)CCCC2. The van der Waals surface area contributed by atoms with Crippen molar-refractivity contribution >= 4 is 23.0 Å². The molecule has 1 atom stereocenters. The molecular formula is C19H22N2S. The Kier molecular flexibility index (Phi) is 4.74. The highest BCUT2D eigenvalue weighted by Crippen LogP contribution is 2.24. The van der Waals surface area contributed by atoms with E-state index >= 15 is 0 Å². The van der Waals surface area contributed by atoms with Crippen LogP contribution in [0.4, 0.5) is 5.69 Å². The van der Waals surface area contributed by atoms with Crippen LogP contribution in [-0.2, 0) is 12.8 Å². The molecule has 2 aromatic rings. The number of aryl methyl sites for hydroxylation is 2. The molecule has 1 aliphatic rings. The van der Waals surface area contributed by atoms with Gasteiger partial charge in [0.25, 0.3) is 0 Å². The summed E-state index contributed by atoms with van der Waals surface area (Å²) in [7, 11) is 0. The van der Waals surface area contributed by atoms with Crippen LogP contribution in [0.1, 0.15) is 42.5 Å². The van der Waals surface area contributed by atoms with Crippen LogP contribution in [0.5, 0.6) is 0 Å². The molecule has 0 saturated heterocycles. The minimum absolute atomic E-state index is 0.205. The highest BCUT2D eigenvalue weighted by molar-refractivity contribution is 7.80. The number of rotatable bonds is 3. The molecule has 2 N–H and O–H groups in total. The molecule has 0 bridgehead atoms. The maximum atomic E-state index is 5.41. The lowest BCUT2D eigenvalue weighted by Gasteiger charge is -2.21. The molecule has 22 heavy (non-hydrogen) atoms. The topological polar surface area (TPSA) is 24.1 Å². The Morgan fingerprint density at radius 3 is 2.50 bits per heavy atom. The number of nitrogens with one attached hydrogen (secondary N) is 2. The number of thiocarbonyl (C=S) groups is 1. The summed E-state index contributed by atoms with van der Waals surface area (Å²) in [5.74, 6) is 0. The van der Waals surface area contributed by atoms with Crippen molar-refractivity contribution in [2.24, 2.45) is 0 Å². The predicted octanol–water partition coefficient (Wildman–Crippen LogP) is 4.61. The maximum Gasteiger partial charge on any atom is 0.171 e. The molecule has 0 heterocycles. The minimum atomic E-state index is 0.205. The molecule has 2 aromatic carbocycles. The van der Waals surface area contributed by atoms with Crippen molar-refractivity contribution in [2.75, 3.05) is 5.32 Å². The predicted molar refractivity (Wildman–Crippen MR) is 97.3 cm³/mol. The van der Waals surface area contributed by atoms with Gasteiger partial charge in [0.1, 0.15) is 0 Å². The van der Waals surface area contributed by atoms with Gasteiger partial charge in [-0.15, -0.1) is 0 Å². The molecular weight excluding hydrogens is 288 g/mol. The number of benzene rings is 2. The largest absolute Gasteiger partial charge is 0.356 e. The third-order valence-electron chi connectivity index (χ3n) is 4.25. The van der Waals surface area contributed by atoms with Crippen molar-refractivity contribution in [3.63, 3.8) is 0 Å². The van der Waals surface area contributed by atoms with E-state index in [1.54, 1.807) is 0 Å². The van der Waals surface area contributed by atoms with Gasteiger partial charge in [0.2, 0.25) is 0 Å². The van der Waals surface area contributed by atoms with Gasteiger partial charge in [-0.05, 0) is 73.6 Å². The summed E-state index contributed by atoms with van der Waals surface area (Å²) in [5.41, 5.74) is 5.35. The van der Waals surface area contributed by atoms with E-state index in [0.29, 0.717) is 5.11 Å². The first-order valence-electron chi connectivity index (χ1n) is 7.96. The zero-order valence-electron chi connectivity index (χ0n) is 12.9. The van der Waals surface area contributed by atoms with E-state index in [9.17, 15) is 0 Å². The average Bonchev–Trinajstić information content (AvgIpc) is 2.55. The summed E-state index contributed by atoms with van der Waals surface area (Å²) >= 11 is 5.41. The van der Waals surface area contributed by atoms with Crippen LogP contribution in [0.25, 0.3) is 0 Å². The van der Waals surface area contributed by atoms with Crippen LogP contribution < -0.4 is 10.6 Å². The van der Waals surface area contributed by atoms with Crippen LogP contribution in [0.15, 0.2) is 48.5 Å². The van der Waals surface area contributed by atoms with Crippen molar-refractivity contribution in [1.82, 2.24) is 5.32 Å². The fourth-order valence-electron chi connectivity index (χ4n) is 2.99. The first-order chi connectivity index (χ1) is 10.7. The van der Waals surface area contributed by atoms with Gasteiger partial charge in [0.05, 0.1) is 6.04 Å². The summed E-state index contributed by atoms with van der Waals surface area (Å²) in [6.07, 6.45) is 5.07. The standard InChI is InChI=1S/C19H22N2S/c1-14(20-19(22)21-18-9-3-2-4-10-18)16-12-11-15-7-5-6-8-17(15)13-16/h2-4,9-14H,5-8H2,1H3,(H2,20,21,22)/t14-/m0/s1. The van der Waals surface area contributed by atoms with E-state index in [0.717, 1.165) is 5.69 Å². The van der Waals surface area contributed by atoms with Crippen LogP contribution in [0.3, 0.4) is 0 Å². The number of para-hydroxylation sites is 1. The number of fused-ring (bicyclic) bond motifs is 1. The Bertz CT molecular complexity index is 652. The molecule has 0 unspecified atom stereocenters. The number of hydrogen-bond acceptors (Lipinski definition) is 1. The Morgan fingerprint density at radius 1 is 1.00 bits per heavy atom. The molecule has 0 fully saturated rings. The lowest BCUT2D eigenvalue weighted by molar-refractivity contribution is 0.675. The van der Waals surface area contributed by atoms with Crippen molar-refractivity contribution in [3.8, 4) is 0 Å². The maximum absolute atomic E-state index is 5.41. The van der Waals surface area contributed by atoms with Gasteiger partial charge >= 0.3 is 0 Å². The van der Waals surface area contributed by atoms with Gasteiger partial charge in [0, 0.05) is 5.69 Å². The van der Waals surface area contributed by atoms with Gasteiger partial charge < -0.3 is 10.6 Å². The average molecular weight is 310 g/mol. The Morgan fingerprint density at radius 2 is 1.73 bits per heavy atom. The van der Waals surface area contributed by atoms with Crippen LogP contribution in [-0.4, -0.2) is 5.11 Å². The summed E-state index contributed by atoms with van der Waals surface area (Å²) in [4.78, 5) is 0. The molecule has 3 heteroatoms. The Hall–Kier alpha value is -1.87. The molecule has 0 aliphatic heterocycles. The minimum Gasteiger partial charge on any atom is -0.356 e. The highest BCUT2D eigenvalue weighted by Gasteiger charge is 2.13. The van der Waals surface area contributed by atoms with Crippen molar-refractivity contribution in [1.29, 1.82) is 0 Å². The second-order valence-corrected chi connectivity index (χ2v) is 6.33. The third kappa shape index (κ3) is 3.66. The van der Waals surface area contributed by atoms with Crippen LogP contribution in [0.2, 0.25) is 0 Å². The van der Waals surface area contributed by atoms with Crippen LogP contribution in [0, 0.1) is 0 Å². The second-order valence-electron chi connectivity index (χ2n) is 5.92. The molecule has 114 valence electrons. The number of hydrogen-bond donors (Lipinski definition) is 2. The fourth-order valence-corrected chi connectivity index (χ4v) is 3.29. The molecule has 0 aromatic heterocycles. The Balaban J connectivity index is 1.64. The van der Waals surface area contributed by atoms with Gasteiger partial charge in [0.15, 0.2) is 5.11 Å². The molecule has 0 saturated carbocycles. The second kappa shape index (κ2) is 6.93. The summed E-state index contributed by atoms with van der Waals surface area (Å²) in [6, 6.07) is 17.1. The van der Waals surface area contributed by atoms with E-state index < -0.39 is 0 Å². The van der Waals surface area contributed by atoms with Crippen molar-refractivity contribution < 1.29 is 0 Å². The summed E-state index contributed by atoms with van der Waals surface area (Å²) in [6.45, 7) is 2.16. The quantitative estimate of drug-likeness (QED) is 0.809. The lowest BCUT2D eigenvalue weighted by Crippen LogP contribution is -2.31. The monoisotopic (exact) mass is 310 g/mol. The molecule has 2 nitrogen and oxygen atoms in total. The molecule has 0 radical (unpaired) electrons. The van der Waals surface area contributed by atoms with Crippen molar-refractivity contribution in [2.45, 2.75) is 38.6 Å². The first kappa shape index (κ1) is 15.0. The van der Waals surface area contributed by atoms with E-state index in [1.165, 1.54) is 42.4 Å². The Labute approximate surface area is 137 Å². The zero-order valence-corrected chi connectivity index (χ0v) is 13.7. The smallest absolute Gasteiger partial charge is 0.171 e. The molecule has 1 aliphatic carbocycles. The lowest BCUT2D eigenvalue weighted by atomic mass is 9.89. The summed E-state index contributed by atoms with van der Waals surface area (Å²) in [5, 5.41) is 7.26. The third-order valence-corrected chi connectivity index (χ3v) is 4.47. The highest BCUT2D eigenvalue weighted by atomic mass is 32.1. The van der Waals surface area contributed by atoms with E-state index in [-0.39, 0.29) is 6.04 Å². The summed E-state index contributed by atoms with van der Waals surface area (Å²) < 4.78 is 0. The first-order valence-corrected chi connectivity index (χ1v) is 8.37. The zero-order chi connectivity index (χ0) is 15.4. The van der Waals surface area contributed by atoms with E-state index in [2.05, 4.69) is 35.8 Å². The van der Waals surface area contributed by atoms with E-state index in [1.807, 2.05) is 30.3 Å². The molecule has 0 spiro atoms.